The van der Waals surface area contributed by atoms with Crippen molar-refractivity contribution in [3.05, 3.63) is 59.7 Å². The Morgan fingerprint density at radius 3 is 2.35 bits per heavy atom. The lowest BCUT2D eigenvalue weighted by Gasteiger charge is -2.12. The van der Waals surface area contributed by atoms with Crippen LogP contribution in [0.15, 0.2) is 48.5 Å². The van der Waals surface area contributed by atoms with Crippen molar-refractivity contribution in [3.63, 3.8) is 0 Å². The summed E-state index contributed by atoms with van der Waals surface area (Å²) < 4.78 is 38.9. The third-order valence-corrected chi connectivity index (χ3v) is 3.66. The van der Waals surface area contributed by atoms with Crippen LogP contribution in [0.25, 0.3) is 22.6 Å². The highest BCUT2D eigenvalue weighted by Gasteiger charge is 2.31. The van der Waals surface area contributed by atoms with E-state index >= 15 is 0 Å². The number of phenolic OH excluding ortho intramolecular Hbond substituents is 1. The summed E-state index contributed by atoms with van der Waals surface area (Å²) in [7, 11) is 0. The number of aromatic hydroxyl groups is 1. The number of hydrogen-bond donors (Lipinski definition) is 2. The van der Waals surface area contributed by atoms with Crippen LogP contribution in [-0.2, 0) is 6.18 Å². The third kappa shape index (κ3) is 3.15. The molecule has 5 nitrogen and oxygen atoms in total. The second kappa shape index (κ2) is 6.37. The molecule has 8 heteroatoms. The Kier molecular flexibility index (Phi) is 4.22. The summed E-state index contributed by atoms with van der Waals surface area (Å²) in [6.45, 7) is 0. The van der Waals surface area contributed by atoms with Gasteiger partial charge in [-0.1, -0.05) is 30.3 Å². The Morgan fingerprint density at radius 1 is 1.04 bits per heavy atom. The van der Waals surface area contributed by atoms with E-state index < -0.39 is 17.5 Å². The molecular formula is C18H11F3N4O. The van der Waals surface area contributed by atoms with E-state index in [1.807, 2.05) is 6.07 Å². The monoisotopic (exact) mass is 356 g/mol. The van der Waals surface area contributed by atoms with Gasteiger partial charge in [0.15, 0.2) is 5.82 Å². The van der Waals surface area contributed by atoms with Crippen LogP contribution in [0.1, 0.15) is 11.1 Å². The van der Waals surface area contributed by atoms with Crippen LogP contribution >= 0.6 is 0 Å². The highest BCUT2D eigenvalue weighted by atomic mass is 19.4. The smallest absolute Gasteiger partial charge is 0.416 e. The summed E-state index contributed by atoms with van der Waals surface area (Å²) in [6, 6.07) is 12.9. The molecule has 0 saturated heterocycles. The first kappa shape index (κ1) is 17.2. The Hall–Kier alpha value is -3.60. The number of anilines is 1. The lowest BCUT2D eigenvalue weighted by Crippen LogP contribution is -2.06. The molecule has 0 unspecified atom stereocenters. The summed E-state index contributed by atoms with van der Waals surface area (Å²) in [5, 5.41) is 19.3. The first-order chi connectivity index (χ1) is 12.3. The van der Waals surface area contributed by atoms with E-state index in [9.17, 15) is 23.5 Å². The van der Waals surface area contributed by atoms with Crippen molar-refractivity contribution in [2.24, 2.45) is 0 Å². The molecule has 3 aromatic rings. The van der Waals surface area contributed by atoms with E-state index in [0.717, 1.165) is 18.2 Å². The number of nitriles is 1. The maximum atomic E-state index is 13.0. The summed E-state index contributed by atoms with van der Waals surface area (Å²) >= 11 is 0. The average Bonchev–Trinajstić information content (AvgIpc) is 2.61. The van der Waals surface area contributed by atoms with E-state index in [2.05, 4.69) is 9.97 Å². The second-order valence-corrected chi connectivity index (χ2v) is 5.36. The standard InChI is InChI=1S/C18H11F3N4O/c19-18(20,21)11-6-7-14(26)12(8-11)17-24-15(10-4-2-1-3-5-10)13(9-22)16(23)25-17/h1-8,26H,(H2,23,24,25). The normalized spacial score (nSPS) is 11.2. The van der Waals surface area contributed by atoms with Gasteiger partial charge in [-0.15, -0.1) is 0 Å². The van der Waals surface area contributed by atoms with Crippen molar-refractivity contribution in [1.29, 1.82) is 5.26 Å². The second-order valence-electron chi connectivity index (χ2n) is 5.36. The fourth-order valence-electron chi connectivity index (χ4n) is 2.41. The fourth-order valence-corrected chi connectivity index (χ4v) is 2.41. The van der Waals surface area contributed by atoms with E-state index in [1.54, 1.807) is 30.3 Å². The molecule has 0 atom stereocenters. The molecule has 0 aliphatic rings. The highest BCUT2D eigenvalue weighted by molar-refractivity contribution is 5.76. The molecule has 26 heavy (non-hydrogen) atoms. The van der Waals surface area contributed by atoms with Gasteiger partial charge in [-0.05, 0) is 18.2 Å². The van der Waals surface area contributed by atoms with Crippen LogP contribution < -0.4 is 5.73 Å². The average molecular weight is 356 g/mol. The lowest BCUT2D eigenvalue weighted by atomic mass is 10.0. The molecule has 1 aromatic heterocycles. The van der Waals surface area contributed by atoms with E-state index in [1.165, 1.54) is 0 Å². The first-order valence-corrected chi connectivity index (χ1v) is 7.35. The number of alkyl halides is 3. The summed E-state index contributed by atoms with van der Waals surface area (Å²) in [5.41, 5.74) is 5.34. The molecule has 130 valence electrons. The van der Waals surface area contributed by atoms with Gasteiger partial charge < -0.3 is 10.8 Å². The third-order valence-electron chi connectivity index (χ3n) is 3.66. The van der Waals surface area contributed by atoms with Crippen LogP contribution in [0.5, 0.6) is 5.75 Å². The first-order valence-electron chi connectivity index (χ1n) is 7.35. The fraction of sp³-hybridized carbons (Fsp3) is 0.0556. The van der Waals surface area contributed by atoms with Crippen molar-refractivity contribution in [2.75, 3.05) is 5.73 Å². The minimum Gasteiger partial charge on any atom is -0.507 e. The molecule has 0 radical (unpaired) electrons. The molecule has 1 heterocycles. The number of phenols is 1. The molecule has 0 fully saturated rings. The lowest BCUT2D eigenvalue weighted by molar-refractivity contribution is -0.137. The predicted molar refractivity (Wildman–Crippen MR) is 88.7 cm³/mol. The van der Waals surface area contributed by atoms with E-state index in [0.29, 0.717) is 5.56 Å². The molecule has 0 aliphatic heterocycles. The van der Waals surface area contributed by atoms with Crippen molar-refractivity contribution in [1.82, 2.24) is 9.97 Å². The Morgan fingerprint density at radius 2 is 1.73 bits per heavy atom. The zero-order chi connectivity index (χ0) is 18.9. The van der Waals surface area contributed by atoms with Crippen molar-refractivity contribution < 1.29 is 18.3 Å². The Bertz CT molecular complexity index is 1010. The topological polar surface area (TPSA) is 95.8 Å². The van der Waals surface area contributed by atoms with Gasteiger partial charge in [-0.25, -0.2) is 9.97 Å². The minimum absolute atomic E-state index is 0.00594. The van der Waals surface area contributed by atoms with Crippen LogP contribution in [-0.4, -0.2) is 15.1 Å². The Balaban J connectivity index is 2.25. The van der Waals surface area contributed by atoms with Gasteiger partial charge >= 0.3 is 6.18 Å². The van der Waals surface area contributed by atoms with Gasteiger partial charge in [0, 0.05) is 5.56 Å². The molecule has 0 spiro atoms. The molecular weight excluding hydrogens is 345 g/mol. The molecule has 3 N–H and O–H groups in total. The van der Waals surface area contributed by atoms with Crippen LogP contribution in [0.3, 0.4) is 0 Å². The predicted octanol–water partition coefficient (Wildman–Crippen LogP) is 3.99. The van der Waals surface area contributed by atoms with Crippen molar-refractivity contribution >= 4 is 5.82 Å². The maximum absolute atomic E-state index is 13.0. The molecule has 0 amide bonds. The summed E-state index contributed by atoms with van der Waals surface area (Å²) in [4.78, 5) is 8.09. The molecule has 0 bridgehead atoms. The number of nitrogens with zero attached hydrogens (tertiary/aromatic N) is 3. The van der Waals surface area contributed by atoms with E-state index in [-0.39, 0.29) is 28.5 Å². The van der Waals surface area contributed by atoms with Gasteiger partial charge in [0.2, 0.25) is 0 Å². The molecule has 2 aromatic carbocycles. The number of hydrogen-bond acceptors (Lipinski definition) is 5. The SMILES string of the molecule is N#Cc1c(N)nc(-c2cc(C(F)(F)F)ccc2O)nc1-c1ccccc1. The Labute approximate surface area is 146 Å². The van der Waals surface area contributed by atoms with Gasteiger partial charge in [0.25, 0.3) is 0 Å². The van der Waals surface area contributed by atoms with Crippen molar-refractivity contribution in [2.45, 2.75) is 6.18 Å². The van der Waals surface area contributed by atoms with E-state index in [4.69, 9.17) is 5.73 Å². The molecule has 0 aliphatic carbocycles. The molecule has 0 saturated carbocycles. The minimum atomic E-state index is -4.59. The van der Waals surface area contributed by atoms with Crippen LogP contribution in [0.2, 0.25) is 0 Å². The van der Waals surface area contributed by atoms with Gasteiger partial charge in [0.1, 0.15) is 23.2 Å². The number of rotatable bonds is 2. The van der Waals surface area contributed by atoms with Gasteiger partial charge in [0.05, 0.1) is 16.8 Å². The zero-order valence-corrected chi connectivity index (χ0v) is 13.1. The number of nitrogen functional groups attached to an aromatic ring is 1. The number of halogens is 3. The zero-order valence-electron chi connectivity index (χ0n) is 13.1. The van der Waals surface area contributed by atoms with Crippen LogP contribution in [0, 0.1) is 11.3 Å². The molecule has 3 rings (SSSR count). The van der Waals surface area contributed by atoms with Crippen molar-refractivity contribution in [3.8, 4) is 34.5 Å². The van der Waals surface area contributed by atoms with Crippen LogP contribution in [0.4, 0.5) is 19.0 Å². The number of nitrogens with two attached hydrogens (primary N) is 1. The summed E-state index contributed by atoms with van der Waals surface area (Å²) in [5.74, 6) is -0.821. The number of benzene rings is 2. The highest BCUT2D eigenvalue weighted by Crippen LogP contribution is 2.37. The quantitative estimate of drug-likeness (QED) is 0.724. The maximum Gasteiger partial charge on any atom is 0.416 e. The summed E-state index contributed by atoms with van der Waals surface area (Å²) in [6.07, 6.45) is -4.59. The largest absolute Gasteiger partial charge is 0.507 e. The number of aromatic nitrogens is 2. The van der Waals surface area contributed by atoms with Gasteiger partial charge in [-0.3, -0.25) is 0 Å². The van der Waals surface area contributed by atoms with Gasteiger partial charge in [-0.2, -0.15) is 18.4 Å².